The Balaban J connectivity index is 2.70. The molecule has 3 heteroatoms. The Morgan fingerprint density at radius 3 is 2.50 bits per heavy atom. The van der Waals surface area contributed by atoms with E-state index in [0.29, 0.717) is 6.42 Å². The molecule has 0 heterocycles. The van der Waals surface area contributed by atoms with Gasteiger partial charge < -0.3 is 5.32 Å². The summed E-state index contributed by atoms with van der Waals surface area (Å²) in [6.07, 6.45) is 2.55. The van der Waals surface area contributed by atoms with Gasteiger partial charge in [0.15, 0.2) is 0 Å². The maximum Gasteiger partial charge on any atom is 0.224 e. The van der Waals surface area contributed by atoms with Gasteiger partial charge in [-0.15, -0.1) is 0 Å². The van der Waals surface area contributed by atoms with Crippen LogP contribution in [0, 0.1) is 0 Å². The summed E-state index contributed by atoms with van der Waals surface area (Å²) in [5, 5.41) is 3.98. The van der Waals surface area contributed by atoms with Crippen molar-refractivity contribution in [2.24, 2.45) is 0 Å². The standard InChI is InChI=1S/C15H22BrNO/c1-15(2,3)12-8-4-5-9-13(12)17-14(18)10-6-7-11-16/h4-5,8-9H,6-7,10-11H2,1-3H3,(H,17,18). The predicted molar refractivity (Wildman–Crippen MR) is 81.4 cm³/mol. The van der Waals surface area contributed by atoms with Crippen molar-refractivity contribution in [1.82, 2.24) is 0 Å². The molecule has 0 fully saturated rings. The SMILES string of the molecule is CC(C)(C)c1ccccc1NC(=O)CCCCBr. The predicted octanol–water partition coefficient (Wildman–Crippen LogP) is 4.49. The van der Waals surface area contributed by atoms with E-state index in [-0.39, 0.29) is 11.3 Å². The summed E-state index contributed by atoms with van der Waals surface area (Å²) in [6.45, 7) is 6.47. The lowest BCUT2D eigenvalue weighted by molar-refractivity contribution is -0.116. The van der Waals surface area contributed by atoms with Gasteiger partial charge in [0.25, 0.3) is 0 Å². The minimum absolute atomic E-state index is 0.0414. The van der Waals surface area contributed by atoms with Gasteiger partial charge in [0, 0.05) is 17.4 Å². The number of carbonyl (C=O) groups is 1. The van der Waals surface area contributed by atoms with Crippen LogP contribution in [0.2, 0.25) is 0 Å². The number of halogens is 1. The Morgan fingerprint density at radius 2 is 1.89 bits per heavy atom. The van der Waals surface area contributed by atoms with Gasteiger partial charge in [-0.05, 0) is 29.9 Å². The maximum absolute atomic E-state index is 11.8. The molecule has 0 radical (unpaired) electrons. The summed E-state index contributed by atoms with van der Waals surface area (Å²) in [7, 11) is 0. The number of nitrogens with one attached hydrogen (secondary N) is 1. The Morgan fingerprint density at radius 1 is 1.22 bits per heavy atom. The van der Waals surface area contributed by atoms with E-state index in [1.54, 1.807) is 0 Å². The first-order chi connectivity index (χ1) is 8.45. The molecule has 0 bridgehead atoms. The van der Waals surface area contributed by atoms with Crippen molar-refractivity contribution in [3.63, 3.8) is 0 Å². The third kappa shape index (κ3) is 4.81. The molecule has 18 heavy (non-hydrogen) atoms. The van der Waals surface area contributed by atoms with Crippen molar-refractivity contribution in [3.8, 4) is 0 Å². The Hall–Kier alpha value is -0.830. The lowest BCUT2D eigenvalue weighted by atomic mass is 9.86. The van der Waals surface area contributed by atoms with Gasteiger partial charge in [0.1, 0.15) is 0 Å². The van der Waals surface area contributed by atoms with E-state index < -0.39 is 0 Å². The first-order valence-electron chi connectivity index (χ1n) is 6.40. The second-order valence-corrected chi connectivity index (χ2v) is 6.28. The molecule has 1 aromatic carbocycles. The van der Waals surface area contributed by atoms with Crippen molar-refractivity contribution in [1.29, 1.82) is 0 Å². The average molecular weight is 312 g/mol. The summed E-state index contributed by atoms with van der Waals surface area (Å²) in [5.41, 5.74) is 2.16. The molecule has 0 aliphatic carbocycles. The van der Waals surface area contributed by atoms with E-state index in [2.05, 4.69) is 48.1 Å². The molecular weight excluding hydrogens is 290 g/mol. The summed E-state index contributed by atoms with van der Waals surface area (Å²) in [5.74, 6) is 0.104. The van der Waals surface area contributed by atoms with E-state index in [9.17, 15) is 4.79 Å². The molecule has 1 rings (SSSR count). The second kappa shape index (κ2) is 6.93. The normalized spacial score (nSPS) is 11.3. The number of alkyl halides is 1. The zero-order valence-electron chi connectivity index (χ0n) is 11.4. The molecule has 0 unspecified atom stereocenters. The topological polar surface area (TPSA) is 29.1 Å². The van der Waals surface area contributed by atoms with Crippen LogP contribution in [-0.4, -0.2) is 11.2 Å². The fourth-order valence-corrected chi connectivity index (χ4v) is 2.24. The van der Waals surface area contributed by atoms with Crippen molar-refractivity contribution in [2.45, 2.75) is 45.4 Å². The number of carbonyl (C=O) groups excluding carboxylic acids is 1. The molecule has 0 saturated carbocycles. The van der Waals surface area contributed by atoms with E-state index >= 15 is 0 Å². The lowest BCUT2D eigenvalue weighted by Crippen LogP contribution is -2.18. The smallest absolute Gasteiger partial charge is 0.224 e. The summed E-state index contributed by atoms with van der Waals surface area (Å²) < 4.78 is 0. The molecule has 1 N–H and O–H groups in total. The molecule has 1 amide bonds. The second-order valence-electron chi connectivity index (χ2n) is 5.49. The van der Waals surface area contributed by atoms with Crippen LogP contribution in [0.15, 0.2) is 24.3 Å². The number of hydrogen-bond acceptors (Lipinski definition) is 1. The van der Waals surface area contributed by atoms with Gasteiger partial charge in [0.2, 0.25) is 5.91 Å². The number of benzene rings is 1. The van der Waals surface area contributed by atoms with Crippen LogP contribution in [0.5, 0.6) is 0 Å². The van der Waals surface area contributed by atoms with Crippen molar-refractivity contribution < 1.29 is 4.79 Å². The van der Waals surface area contributed by atoms with E-state index in [1.165, 1.54) is 5.56 Å². The lowest BCUT2D eigenvalue weighted by Gasteiger charge is -2.23. The van der Waals surface area contributed by atoms with Gasteiger partial charge in [0.05, 0.1) is 0 Å². The van der Waals surface area contributed by atoms with Crippen LogP contribution < -0.4 is 5.32 Å². The quantitative estimate of drug-likeness (QED) is 0.630. The highest BCUT2D eigenvalue weighted by molar-refractivity contribution is 9.09. The molecule has 0 spiro atoms. The van der Waals surface area contributed by atoms with Crippen LogP contribution in [0.25, 0.3) is 0 Å². The summed E-state index contributed by atoms with van der Waals surface area (Å²) in [6, 6.07) is 8.03. The average Bonchev–Trinajstić information content (AvgIpc) is 2.28. The molecule has 0 saturated heterocycles. The van der Waals surface area contributed by atoms with Gasteiger partial charge in [-0.3, -0.25) is 4.79 Å². The molecular formula is C15H22BrNO. The molecule has 0 aromatic heterocycles. The van der Waals surface area contributed by atoms with E-state index in [4.69, 9.17) is 0 Å². The third-order valence-electron chi connectivity index (χ3n) is 2.80. The van der Waals surface area contributed by atoms with Crippen molar-refractivity contribution in [2.75, 3.05) is 10.6 Å². The first-order valence-corrected chi connectivity index (χ1v) is 7.52. The molecule has 0 aliphatic rings. The Kier molecular flexibility index (Phi) is 5.86. The van der Waals surface area contributed by atoms with Crippen LogP contribution in [0.4, 0.5) is 5.69 Å². The third-order valence-corrected chi connectivity index (χ3v) is 3.36. The minimum Gasteiger partial charge on any atom is -0.326 e. The van der Waals surface area contributed by atoms with Crippen molar-refractivity contribution in [3.05, 3.63) is 29.8 Å². The van der Waals surface area contributed by atoms with Crippen LogP contribution in [0.1, 0.15) is 45.6 Å². The summed E-state index contributed by atoms with van der Waals surface area (Å²) >= 11 is 3.37. The van der Waals surface area contributed by atoms with E-state index in [0.717, 1.165) is 23.9 Å². The number of hydrogen-bond donors (Lipinski definition) is 1. The zero-order valence-corrected chi connectivity index (χ0v) is 13.0. The van der Waals surface area contributed by atoms with Crippen LogP contribution >= 0.6 is 15.9 Å². The molecule has 0 aliphatic heterocycles. The van der Waals surface area contributed by atoms with Gasteiger partial charge in [-0.2, -0.15) is 0 Å². The first kappa shape index (κ1) is 15.2. The highest BCUT2D eigenvalue weighted by Crippen LogP contribution is 2.29. The number of unbranched alkanes of at least 4 members (excludes halogenated alkanes) is 1. The largest absolute Gasteiger partial charge is 0.326 e. The molecule has 2 nitrogen and oxygen atoms in total. The highest BCUT2D eigenvalue weighted by atomic mass is 79.9. The fourth-order valence-electron chi connectivity index (χ4n) is 1.84. The molecule has 0 atom stereocenters. The number of para-hydroxylation sites is 1. The fraction of sp³-hybridized carbons (Fsp3) is 0.533. The Bertz CT molecular complexity index is 396. The number of rotatable bonds is 5. The van der Waals surface area contributed by atoms with Crippen LogP contribution in [-0.2, 0) is 10.2 Å². The molecule has 100 valence electrons. The number of amides is 1. The highest BCUT2D eigenvalue weighted by Gasteiger charge is 2.18. The maximum atomic E-state index is 11.8. The monoisotopic (exact) mass is 311 g/mol. The van der Waals surface area contributed by atoms with Gasteiger partial charge in [-0.25, -0.2) is 0 Å². The van der Waals surface area contributed by atoms with Crippen molar-refractivity contribution >= 4 is 27.5 Å². The summed E-state index contributed by atoms with van der Waals surface area (Å²) in [4.78, 5) is 11.8. The zero-order chi connectivity index (χ0) is 13.6. The van der Waals surface area contributed by atoms with Crippen LogP contribution in [0.3, 0.4) is 0 Å². The molecule has 1 aromatic rings. The van der Waals surface area contributed by atoms with Gasteiger partial charge in [-0.1, -0.05) is 54.9 Å². The Labute approximate surface area is 118 Å². The van der Waals surface area contributed by atoms with Gasteiger partial charge >= 0.3 is 0 Å². The number of anilines is 1. The van der Waals surface area contributed by atoms with E-state index in [1.807, 2.05) is 18.2 Å². The minimum atomic E-state index is 0.0414.